The number of nitrogens with two attached hydrogens (primary N) is 1. The van der Waals surface area contributed by atoms with Crippen molar-refractivity contribution in [1.29, 1.82) is 5.26 Å². The molecule has 22 heavy (non-hydrogen) atoms. The van der Waals surface area contributed by atoms with Crippen LogP contribution in [0, 0.1) is 21.4 Å². The molecule has 7 nitrogen and oxygen atoms in total. The number of non-ortho nitro benzene ring substituents is 1. The van der Waals surface area contributed by atoms with E-state index in [0.717, 1.165) is 0 Å². The number of nitro benzene ring substituents is 1. The van der Waals surface area contributed by atoms with Crippen molar-refractivity contribution in [3.05, 3.63) is 58.4 Å². The molecule has 0 atom stereocenters. The topological polar surface area (TPSA) is 110 Å². The number of nitrogens with zero attached hydrogens (tertiary/aromatic N) is 4. The Hall–Kier alpha value is -3.40. The summed E-state index contributed by atoms with van der Waals surface area (Å²) in [4.78, 5) is 14.9. The monoisotopic (exact) mass is 293 g/mol. The Morgan fingerprint density at radius 2 is 2.18 bits per heavy atom. The fourth-order valence-electron chi connectivity index (χ4n) is 2.35. The SMILES string of the molecule is N#CCc1c(-c2cccc([N+](=O)[O-])c2)nc2ccc(N)cn12. The van der Waals surface area contributed by atoms with Gasteiger partial charge in [0, 0.05) is 29.6 Å². The highest BCUT2D eigenvalue weighted by molar-refractivity contribution is 5.69. The lowest BCUT2D eigenvalue weighted by Gasteiger charge is -2.02. The third-order valence-corrected chi connectivity index (χ3v) is 3.32. The van der Waals surface area contributed by atoms with Crippen LogP contribution in [0.5, 0.6) is 0 Å². The van der Waals surface area contributed by atoms with E-state index in [2.05, 4.69) is 11.1 Å². The lowest BCUT2D eigenvalue weighted by atomic mass is 10.1. The molecule has 7 heteroatoms. The molecule has 108 valence electrons. The van der Waals surface area contributed by atoms with E-state index in [1.165, 1.54) is 12.1 Å². The summed E-state index contributed by atoms with van der Waals surface area (Å²) < 4.78 is 1.74. The number of pyridine rings is 1. The molecule has 2 N–H and O–H groups in total. The number of nitrogen functional groups attached to an aromatic ring is 1. The molecule has 3 rings (SSSR count). The fourth-order valence-corrected chi connectivity index (χ4v) is 2.35. The summed E-state index contributed by atoms with van der Waals surface area (Å²) in [7, 11) is 0. The number of hydrogen-bond donors (Lipinski definition) is 1. The summed E-state index contributed by atoms with van der Waals surface area (Å²) in [6, 6.07) is 11.8. The number of imidazole rings is 1. The van der Waals surface area contributed by atoms with Gasteiger partial charge in [0.05, 0.1) is 28.8 Å². The average Bonchev–Trinajstić information content (AvgIpc) is 2.86. The highest BCUT2D eigenvalue weighted by atomic mass is 16.6. The molecule has 0 unspecified atom stereocenters. The van der Waals surface area contributed by atoms with Crippen LogP contribution >= 0.6 is 0 Å². The molecule has 0 fully saturated rings. The molecule has 0 saturated carbocycles. The molecule has 3 aromatic rings. The van der Waals surface area contributed by atoms with Crippen molar-refractivity contribution in [1.82, 2.24) is 9.38 Å². The number of nitro groups is 1. The summed E-state index contributed by atoms with van der Waals surface area (Å²) >= 11 is 0. The van der Waals surface area contributed by atoms with E-state index in [-0.39, 0.29) is 12.1 Å². The number of fused-ring (bicyclic) bond motifs is 1. The molecule has 0 aliphatic rings. The van der Waals surface area contributed by atoms with E-state index in [1.54, 1.807) is 34.9 Å². The van der Waals surface area contributed by atoms with E-state index >= 15 is 0 Å². The van der Waals surface area contributed by atoms with E-state index in [0.29, 0.717) is 28.3 Å². The summed E-state index contributed by atoms with van der Waals surface area (Å²) in [5, 5.41) is 20.0. The van der Waals surface area contributed by atoms with Crippen LogP contribution in [0.4, 0.5) is 11.4 Å². The van der Waals surface area contributed by atoms with Gasteiger partial charge in [-0.2, -0.15) is 5.26 Å². The van der Waals surface area contributed by atoms with Crippen LogP contribution in [0.3, 0.4) is 0 Å². The minimum Gasteiger partial charge on any atom is -0.398 e. The maximum atomic E-state index is 10.9. The van der Waals surface area contributed by atoms with Crippen LogP contribution in [0.25, 0.3) is 16.9 Å². The van der Waals surface area contributed by atoms with Crippen molar-refractivity contribution in [2.45, 2.75) is 6.42 Å². The predicted octanol–water partition coefficient (Wildman–Crippen LogP) is 2.56. The lowest BCUT2D eigenvalue weighted by Crippen LogP contribution is -1.96. The Morgan fingerprint density at radius 1 is 1.36 bits per heavy atom. The van der Waals surface area contributed by atoms with Crippen LogP contribution in [0.15, 0.2) is 42.6 Å². The van der Waals surface area contributed by atoms with Gasteiger partial charge in [0.15, 0.2) is 0 Å². The van der Waals surface area contributed by atoms with Crippen LogP contribution in [-0.4, -0.2) is 14.3 Å². The quantitative estimate of drug-likeness (QED) is 0.589. The standard InChI is InChI=1S/C15H11N5O2/c16-7-6-13-15(10-2-1-3-12(8-10)20(21)22)18-14-5-4-11(17)9-19(13)14/h1-5,8-9H,6,17H2. The van der Waals surface area contributed by atoms with E-state index in [1.807, 2.05) is 0 Å². The highest BCUT2D eigenvalue weighted by Crippen LogP contribution is 2.28. The van der Waals surface area contributed by atoms with Crippen molar-refractivity contribution in [2.75, 3.05) is 5.73 Å². The van der Waals surface area contributed by atoms with Crippen molar-refractivity contribution in [3.63, 3.8) is 0 Å². The number of rotatable bonds is 3. The molecule has 2 heterocycles. The fraction of sp³-hybridized carbons (Fsp3) is 0.0667. The van der Waals surface area contributed by atoms with Gasteiger partial charge >= 0.3 is 0 Å². The van der Waals surface area contributed by atoms with Crippen LogP contribution in [-0.2, 0) is 6.42 Å². The van der Waals surface area contributed by atoms with Gasteiger partial charge in [-0.1, -0.05) is 12.1 Å². The highest BCUT2D eigenvalue weighted by Gasteiger charge is 2.16. The van der Waals surface area contributed by atoms with E-state index in [9.17, 15) is 10.1 Å². The molecular formula is C15H11N5O2. The summed E-state index contributed by atoms with van der Waals surface area (Å²) in [5.41, 5.74) is 8.76. The number of nitriles is 1. The predicted molar refractivity (Wildman–Crippen MR) is 81.0 cm³/mol. The van der Waals surface area contributed by atoms with Gasteiger partial charge in [0.2, 0.25) is 0 Å². The Morgan fingerprint density at radius 3 is 2.91 bits per heavy atom. The molecule has 0 amide bonds. The Kier molecular flexibility index (Phi) is 3.20. The first-order chi connectivity index (χ1) is 10.6. The van der Waals surface area contributed by atoms with Crippen molar-refractivity contribution in [3.8, 4) is 17.3 Å². The smallest absolute Gasteiger partial charge is 0.270 e. The molecule has 0 aliphatic carbocycles. The molecule has 0 radical (unpaired) electrons. The normalized spacial score (nSPS) is 10.5. The second kappa shape index (κ2) is 5.18. The second-order valence-corrected chi connectivity index (χ2v) is 4.74. The number of benzene rings is 1. The van der Waals surface area contributed by atoms with E-state index < -0.39 is 4.92 Å². The van der Waals surface area contributed by atoms with Gasteiger partial charge in [-0.15, -0.1) is 0 Å². The molecule has 0 saturated heterocycles. The van der Waals surface area contributed by atoms with Crippen LogP contribution in [0.1, 0.15) is 5.69 Å². The van der Waals surface area contributed by atoms with E-state index in [4.69, 9.17) is 11.0 Å². The van der Waals surface area contributed by atoms with Crippen LogP contribution < -0.4 is 5.73 Å². The lowest BCUT2D eigenvalue weighted by molar-refractivity contribution is -0.384. The third-order valence-electron chi connectivity index (χ3n) is 3.32. The molecule has 0 spiro atoms. The average molecular weight is 293 g/mol. The Balaban J connectivity index is 2.26. The molecule has 0 aliphatic heterocycles. The van der Waals surface area contributed by atoms with Gasteiger partial charge in [-0.25, -0.2) is 4.98 Å². The first kappa shape index (κ1) is 13.6. The Labute approximate surface area is 125 Å². The molecular weight excluding hydrogens is 282 g/mol. The van der Waals surface area contributed by atoms with Crippen molar-refractivity contribution < 1.29 is 4.92 Å². The van der Waals surface area contributed by atoms with Gasteiger partial charge < -0.3 is 10.1 Å². The summed E-state index contributed by atoms with van der Waals surface area (Å²) in [6.45, 7) is 0. The molecule has 1 aromatic carbocycles. The number of hydrogen-bond acceptors (Lipinski definition) is 5. The van der Waals surface area contributed by atoms with Gasteiger partial charge in [-0.05, 0) is 12.1 Å². The number of anilines is 1. The molecule has 0 bridgehead atoms. The van der Waals surface area contributed by atoms with Crippen molar-refractivity contribution >= 4 is 17.0 Å². The maximum absolute atomic E-state index is 10.9. The second-order valence-electron chi connectivity index (χ2n) is 4.74. The van der Waals surface area contributed by atoms with Gasteiger partial charge in [0.25, 0.3) is 5.69 Å². The zero-order chi connectivity index (χ0) is 15.7. The first-order valence-corrected chi connectivity index (χ1v) is 6.48. The maximum Gasteiger partial charge on any atom is 0.270 e. The minimum absolute atomic E-state index is 0.0167. The summed E-state index contributed by atoms with van der Waals surface area (Å²) in [5.74, 6) is 0. The minimum atomic E-state index is -0.457. The first-order valence-electron chi connectivity index (χ1n) is 6.48. The summed E-state index contributed by atoms with van der Waals surface area (Å²) in [6.07, 6.45) is 1.82. The zero-order valence-electron chi connectivity index (χ0n) is 11.4. The van der Waals surface area contributed by atoms with Crippen LogP contribution in [0.2, 0.25) is 0 Å². The zero-order valence-corrected chi connectivity index (χ0v) is 11.4. The third kappa shape index (κ3) is 2.23. The van der Waals surface area contributed by atoms with Gasteiger partial charge in [-0.3, -0.25) is 10.1 Å². The largest absolute Gasteiger partial charge is 0.398 e. The molecule has 2 aromatic heterocycles. The Bertz CT molecular complexity index is 923. The van der Waals surface area contributed by atoms with Crippen molar-refractivity contribution in [2.24, 2.45) is 0 Å². The van der Waals surface area contributed by atoms with Gasteiger partial charge in [0.1, 0.15) is 5.65 Å². The number of aromatic nitrogens is 2.